The lowest BCUT2D eigenvalue weighted by Gasteiger charge is -2.33. The van der Waals surface area contributed by atoms with Crippen molar-refractivity contribution in [2.24, 2.45) is 0 Å². The molecule has 1 fully saturated rings. The molecule has 0 spiro atoms. The van der Waals surface area contributed by atoms with Crippen molar-refractivity contribution in [3.8, 4) is 5.88 Å². The first-order valence-electron chi connectivity index (χ1n) is 11.1. The Morgan fingerprint density at radius 3 is 2.65 bits per heavy atom. The average Bonchev–Trinajstić information content (AvgIpc) is 3.35. The van der Waals surface area contributed by atoms with Gasteiger partial charge in [0.25, 0.3) is 11.8 Å². The Hall–Kier alpha value is -3.39. The number of carbonyl (C=O) groups excluding carboxylic acids is 2. The fourth-order valence-electron chi connectivity index (χ4n) is 4.22. The van der Waals surface area contributed by atoms with Gasteiger partial charge in [0.1, 0.15) is 10.9 Å². The molecule has 0 radical (unpaired) electrons. The summed E-state index contributed by atoms with van der Waals surface area (Å²) in [6.45, 7) is 3.40. The number of aryl methyl sites for hydroxylation is 1. The third-order valence-electron chi connectivity index (χ3n) is 6.01. The normalized spacial score (nSPS) is 14.2. The van der Waals surface area contributed by atoms with Crippen LogP contribution in [0.15, 0.2) is 47.1 Å². The van der Waals surface area contributed by atoms with Crippen LogP contribution in [0.5, 0.6) is 5.88 Å². The van der Waals surface area contributed by atoms with Crippen LogP contribution in [0.4, 0.5) is 0 Å². The zero-order chi connectivity index (χ0) is 24.2. The van der Waals surface area contributed by atoms with Crippen LogP contribution in [0.3, 0.4) is 0 Å². The number of aromatic nitrogens is 2. The zero-order valence-corrected chi connectivity index (χ0v) is 20.2. The van der Waals surface area contributed by atoms with Gasteiger partial charge < -0.3 is 19.0 Å². The minimum absolute atomic E-state index is 0.0791. The number of methoxy groups -OCH3 is 1. The van der Waals surface area contributed by atoms with Crippen molar-refractivity contribution >= 4 is 23.4 Å². The van der Waals surface area contributed by atoms with Crippen LogP contribution in [0, 0.1) is 6.92 Å². The summed E-state index contributed by atoms with van der Waals surface area (Å²) in [4.78, 5) is 38.5. The molecule has 4 rings (SSSR count). The summed E-state index contributed by atoms with van der Waals surface area (Å²) in [5.41, 5.74) is 2.68. The van der Waals surface area contributed by atoms with Crippen molar-refractivity contribution < 1.29 is 18.7 Å². The molecule has 2 amide bonds. The number of hydrogen-bond donors (Lipinski definition) is 0. The summed E-state index contributed by atoms with van der Waals surface area (Å²) in [6.07, 6.45) is 3.01. The number of hydrogen-bond acceptors (Lipinski definition) is 6. The molecule has 3 aromatic heterocycles. The van der Waals surface area contributed by atoms with Crippen LogP contribution in [0.2, 0.25) is 5.15 Å². The van der Waals surface area contributed by atoms with Crippen LogP contribution in [0.1, 0.15) is 56.6 Å². The van der Waals surface area contributed by atoms with Crippen molar-refractivity contribution in [3.63, 3.8) is 0 Å². The maximum absolute atomic E-state index is 13.2. The molecule has 0 saturated carbocycles. The summed E-state index contributed by atoms with van der Waals surface area (Å²) in [6, 6.07) is 10.5. The van der Waals surface area contributed by atoms with Crippen LogP contribution >= 0.6 is 11.6 Å². The van der Waals surface area contributed by atoms with Gasteiger partial charge in [0.05, 0.1) is 31.2 Å². The first kappa shape index (κ1) is 23.8. The number of carbonyl (C=O) groups is 2. The largest absolute Gasteiger partial charge is 0.481 e. The lowest BCUT2D eigenvalue weighted by molar-refractivity contribution is 0.0705. The molecule has 0 atom stereocenters. The van der Waals surface area contributed by atoms with E-state index in [0.29, 0.717) is 49.5 Å². The van der Waals surface area contributed by atoms with E-state index in [0.717, 1.165) is 17.1 Å². The number of amides is 2. The highest BCUT2D eigenvalue weighted by Gasteiger charge is 2.29. The molecular weight excluding hydrogens is 456 g/mol. The smallest absolute Gasteiger partial charge is 0.255 e. The summed E-state index contributed by atoms with van der Waals surface area (Å²) in [5, 5.41) is 0.211. The average molecular weight is 483 g/mol. The third-order valence-corrected chi connectivity index (χ3v) is 6.20. The second-order valence-electron chi connectivity index (χ2n) is 8.41. The van der Waals surface area contributed by atoms with Gasteiger partial charge in [0.2, 0.25) is 5.88 Å². The van der Waals surface area contributed by atoms with Crippen molar-refractivity contribution in [1.29, 1.82) is 0 Å². The Morgan fingerprint density at radius 1 is 1.21 bits per heavy atom. The highest BCUT2D eigenvalue weighted by Crippen LogP contribution is 2.31. The fourth-order valence-corrected chi connectivity index (χ4v) is 4.42. The number of nitrogens with zero attached hydrogens (tertiary/aromatic N) is 4. The number of rotatable bonds is 6. The molecule has 0 aliphatic carbocycles. The number of likely N-dealkylation sites (tertiary alicyclic amines) is 1. The molecule has 0 bridgehead atoms. The van der Waals surface area contributed by atoms with E-state index in [1.54, 1.807) is 41.3 Å². The topological polar surface area (TPSA) is 88.8 Å². The van der Waals surface area contributed by atoms with Crippen molar-refractivity contribution in [2.45, 2.75) is 32.2 Å². The third kappa shape index (κ3) is 5.22. The van der Waals surface area contributed by atoms with Gasteiger partial charge in [-0.15, -0.1) is 0 Å². The molecule has 1 aliphatic rings. The Bertz CT molecular complexity index is 1170. The fraction of sp³-hybridized carbons (Fsp3) is 0.360. The number of piperidine rings is 1. The first-order chi connectivity index (χ1) is 16.4. The van der Waals surface area contributed by atoms with Crippen LogP contribution in [-0.4, -0.2) is 58.8 Å². The molecule has 0 aromatic carbocycles. The van der Waals surface area contributed by atoms with E-state index in [1.165, 1.54) is 7.11 Å². The van der Waals surface area contributed by atoms with Crippen molar-refractivity contribution in [2.75, 3.05) is 27.2 Å². The van der Waals surface area contributed by atoms with E-state index in [1.807, 2.05) is 25.1 Å². The number of ether oxygens (including phenoxy) is 1. The number of furan rings is 1. The van der Waals surface area contributed by atoms with E-state index in [-0.39, 0.29) is 22.9 Å². The summed E-state index contributed by atoms with van der Waals surface area (Å²) in [5.74, 6) is 0.882. The molecule has 34 heavy (non-hydrogen) atoms. The predicted octanol–water partition coefficient (Wildman–Crippen LogP) is 4.33. The maximum atomic E-state index is 13.2. The van der Waals surface area contributed by atoms with Crippen LogP contribution in [0.25, 0.3) is 0 Å². The molecule has 8 nitrogen and oxygen atoms in total. The molecular formula is C25H27ClN4O4. The monoisotopic (exact) mass is 482 g/mol. The van der Waals surface area contributed by atoms with Gasteiger partial charge in [0.15, 0.2) is 0 Å². The Morgan fingerprint density at radius 2 is 1.97 bits per heavy atom. The molecule has 0 N–H and O–H groups in total. The van der Waals surface area contributed by atoms with Crippen LogP contribution < -0.4 is 4.74 Å². The van der Waals surface area contributed by atoms with Gasteiger partial charge in [-0.2, -0.15) is 0 Å². The minimum Gasteiger partial charge on any atom is -0.481 e. The Balaban J connectivity index is 1.48. The van der Waals surface area contributed by atoms with E-state index in [9.17, 15) is 9.59 Å². The van der Waals surface area contributed by atoms with Crippen LogP contribution in [-0.2, 0) is 6.54 Å². The van der Waals surface area contributed by atoms with E-state index in [2.05, 4.69) is 4.98 Å². The molecule has 1 aliphatic heterocycles. The van der Waals surface area contributed by atoms with Gasteiger partial charge in [0, 0.05) is 43.4 Å². The molecule has 0 unspecified atom stereocenters. The summed E-state index contributed by atoms with van der Waals surface area (Å²) in [7, 11) is 3.24. The summed E-state index contributed by atoms with van der Waals surface area (Å²) >= 11 is 6.03. The number of pyridine rings is 2. The van der Waals surface area contributed by atoms with Gasteiger partial charge >= 0.3 is 0 Å². The highest BCUT2D eigenvalue weighted by atomic mass is 35.5. The van der Waals surface area contributed by atoms with Crippen molar-refractivity contribution in [1.82, 2.24) is 19.8 Å². The number of halogens is 1. The molecule has 9 heteroatoms. The molecule has 178 valence electrons. The minimum atomic E-state index is -0.118. The van der Waals surface area contributed by atoms with Gasteiger partial charge in [-0.05, 0) is 50.1 Å². The zero-order valence-electron chi connectivity index (χ0n) is 19.5. The molecule has 3 aromatic rings. The SMILES string of the molecule is COc1cc(C(=O)N2CCC(c3nc(C)ccc3C(=O)N(C)Cc3ccco3)CC2)cc(Cl)n1. The lowest BCUT2D eigenvalue weighted by Crippen LogP contribution is -2.38. The maximum Gasteiger partial charge on any atom is 0.255 e. The van der Waals surface area contributed by atoms with E-state index in [4.69, 9.17) is 25.7 Å². The predicted molar refractivity (Wildman–Crippen MR) is 127 cm³/mol. The highest BCUT2D eigenvalue weighted by molar-refractivity contribution is 6.29. The quantitative estimate of drug-likeness (QED) is 0.486. The molecule has 1 saturated heterocycles. The van der Waals surface area contributed by atoms with Crippen molar-refractivity contribution in [3.05, 3.63) is 76.1 Å². The van der Waals surface area contributed by atoms with Gasteiger partial charge in [-0.3, -0.25) is 14.6 Å². The van der Waals surface area contributed by atoms with Gasteiger partial charge in [-0.25, -0.2) is 4.98 Å². The van der Waals surface area contributed by atoms with Gasteiger partial charge in [-0.1, -0.05) is 11.6 Å². The second kappa shape index (κ2) is 10.3. The van der Waals surface area contributed by atoms with E-state index < -0.39 is 0 Å². The summed E-state index contributed by atoms with van der Waals surface area (Å²) < 4.78 is 10.5. The standard InChI is InChI=1S/C25H27ClN4O4/c1-16-6-7-20(25(32)29(2)15-19-5-4-12-34-19)23(27-16)17-8-10-30(11-9-17)24(31)18-13-21(26)28-22(14-18)33-3/h4-7,12-14,17H,8-11,15H2,1-3H3. The van der Waals surface area contributed by atoms with E-state index >= 15 is 0 Å². The molecule has 4 heterocycles. The second-order valence-corrected chi connectivity index (χ2v) is 8.80. The Kier molecular flexibility index (Phi) is 7.17. The lowest BCUT2D eigenvalue weighted by atomic mass is 9.89. The first-order valence-corrected chi connectivity index (χ1v) is 11.5. The Labute approximate surface area is 203 Å².